The fourth-order valence-electron chi connectivity index (χ4n) is 3.62. The topological polar surface area (TPSA) is 55.6 Å². The minimum atomic E-state index is 0.966. The molecule has 0 bridgehead atoms. The van der Waals surface area contributed by atoms with Crippen molar-refractivity contribution < 1.29 is 0 Å². The number of aryl methyl sites for hydroxylation is 1. The van der Waals surface area contributed by atoms with Crippen molar-refractivity contribution in [2.45, 2.75) is 0 Å². The first-order chi connectivity index (χ1) is 14.2. The van der Waals surface area contributed by atoms with Gasteiger partial charge in [-0.2, -0.15) is 5.10 Å². The molecule has 0 radical (unpaired) electrons. The van der Waals surface area contributed by atoms with E-state index in [1.165, 1.54) is 14.8 Å². The lowest BCUT2D eigenvalue weighted by molar-refractivity contribution is 0.771. The maximum atomic E-state index is 4.62. The van der Waals surface area contributed by atoms with Gasteiger partial charge in [0.2, 0.25) is 0 Å². The van der Waals surface area contributed by atoms with Gasteiger partial charge in [0.15, 0.2) is 0 Å². The van der Waals surface area contributed by atoms with Crippen molar-refractivity contribution in [3.8, 4) is 11.3 Å². The zero-order valence-electron chi connectivity index (χ0n) is 15.5. The van der Waals surface area contributed by atoms with E-state index in [0.29, 0.717) is 0 Å². The Bertz CT molecular complexity index is 1510. The third-order valence-corrected chi connectivity index (χ3v) is 6.79. The van der Waals surface area contributed by atoms with E-state index in [4.69, 9.17) is 0 Å². The monoisotopic (exact) mass is 413 g/mol. The Morgan fingerprint density at radius 3 is 2.76 bits per heavy atom. The zero-order chi connectivity index (χ0) is 19.4. The van der Waals surface area contributed by atoms with Crippen LogP contribution in [0, 0.1) is 0 Å². The van der Waals surface area contributed by atoms with Gasteiger partial charge in [0.1, 0.15) is 0 Å². The highest BCUT2D eigenvalue weighted by atomic mass is 32.1. The fourth-order valence-corrected chi connectivity index (χ4v) is 5.26. The highest BCUT2D eigenvalue weighted by Gasteiger charge is 2.12. The molecule has 0 spiro atoms. The minimum absolute atomic E-state index is 0.966. The van der Waals surface area contributed by atoms with Gasteiger partial charge >= 0.3 is 0 Å². The summed E-state index contributed by atoms with van der Waals surface area (Å²) < 4.78 is 4.25. The van der Waals surface area contributed by atoms with E-state index >= 15 is 0 Å². The van der Waals surface area contributed by atoms with Crippen LogP contribution in [0.5, 0.6) is 0 Å². The predicted octanol–water partition coefficient (Wildman–Crippen LogP) is 6.20. The normalized spacial score (nSPS) is 11.6. The fraction of sp³-hybridized carbons (Fsp3) is 0.0455. The van der Waals surface area contributed by atoms with Crippen LogP contribution >= 0.6 is 22.7 Å². The van der Waals surface area contributed by atoms with E-state index in [2.05, 4.69) is 56.1 Å². The molecule has 2 aromatic carbocycles. The predicted molar refractivity (Wildman–Crippen MR) is 122 cm³/mol. The number of anilines is 2. The van der Waals surface area contributed by atoms with Crippen molar-refractivity contribution in [1.82, 2.24) is 19.7 Å². The average Bonchev–Trinajstić information content (AvgIpc) is 3.45. The van der Waals surface area contributed by atoms with E-state index in [1.54, 1.807) is 22.7 Å². The maximum Gasteiger partial charge on any atom is 0.0937 e. The van der Waals surface area contributed by atoms with Gasteiger partial charge in [0.05, 0.1) is 26.9 Å². The molecule has 140 valence electrons. The first-order valence-corrected chi connectivity index (χ1v) is 10.9. The van der Waals surface area contributed by atoms with E-state index < -0.39 is 0 Å². The number of nitrogens with one attached hydrogen (secondary N) is 1. The second kappa shape index (κ2) is 6.37. The summed E-state index contributed by atoms with van der Waals surface area (Å²) >= 11 is 3.39. The number of thiophene rings is 1. The summed E-state index contributed by atoms with van der Waals surface area (Å²) in [5.74, 6) is 0. The summed E-state index contributed by atoms with van der Waals surface area (Å²) in [5, 5.41) is 12.6. The molecule has 0 aliphatic carbocycles. The lowest BCUT2D eigenvalue weighted by atomic mass is 10.1. The van der Waals surface area contributed by atoms with Crippen LogP contribution in [0.4, 0.5) is 11.4 Å². The molecule has 4 heterocycles. The van der Waals surface area contributed by atoms with Crippen LogP contribution in [-0.4, -0.2) is 19.7 Å². The van der Waals surface area contributed by atoms with Gasteiger partial charge in [-0.25, -0.2) is 4.98 Å². The van der Waals surface area contributed by atoms with Gasteiger partial charge in [0, 0.05) is 57.2 Å². The second-order valence-corrected chi connectivity index (χ2v) is 8.71. The van der Waals surface area contributed by atoms with E-state index in [9.17, 15) is 0 Å². The van der Waals surface area contributed by atoms with Gasteiger partial charge in [-0.05, 0) is 42.5 Å². The standard InChI is InChI=1S/C22H15N5S2/c1-27-7-5-18(26-27)16-11-28-22-10-15-17(4-6-23-19(15)9-14(16)22)25-13-2-3-21-20(8-13)24-12-29-21/h2-12H,1H3,(H,23,25). The van der Waals surface area contributed by atoms with E-state index in [0.717, 1.165) is 39.1 Å². The van der Waals surface area contributed by atoms with Crippen LogP contribution in [0.1, 0.15) is 0 Å². The Hall–Kier alpha value is -3.29. The van der Waals surface area contributed by atoms with Crippen molar-refractivity contribution in [1.29, 1.82) is 0 Å². The molecule has 4 aromatic heterocycles. The molecule has 0 fully saturated rings. The summed E-state index contributed by atoms with van der Waals surface area (Å²) in [4.78, 5) is 9.04. The zero-order valence-corrected chi connectivity index (χ0v) is 17.1. The summed E-state index contributed by atoms with van der Waals surface area (Å²) in [5.41, 5.74) is 8.07. The first-order valence-electron chi connectivity index (χ1n) is 9.15. The summed E-state index contributed by atoms with van der Waals surface area (Å²) in [6.45, 7) is 0. The molecule has 0 aliphatic heterocycles. The smallest absolute Gasteiger partial charge is 0.0937 e. The van der Waals surface area contributed by atoms with Crippen molar-refractivity contribution in [2.75, 3.05) is 5.32 Å². The number of thiazole rings is 1. The molecule has 29 heavy (non-hydrogen) atoms. The lowest BCUT2D eigenvalue weighted by Crippen LogP contribution is -1.92. The quantitative estimate of drug-likeness (QED) is 0.375. The van der Waals surface area contributed by atoms with Crippen LogP contribution in [0.25, 0.3) is 42.5 Å². The van der Waals surface area contributed by atoms with E-state index in [1.807, 2.05) is 41.8 Å². The molecule has 6 rings (SSSR count). The van der Waals surface area contributed by atoms with Gasteiger partial charge in [-0.1, -0.05) is 0 Å². The molecule has 0 saturated heterocycles. The second-order valence-electron chi connectivity index (χ2n) is 6.91. The molecular formula is C22H15N5S2. The highest BCUT2D eigenvalue weighted by Crippen LogP contribution is 2.37. The van der Waals surface area contributed by atoms with Crippen LogP contribution in [0.2, 0.25) is 0 Å². The highest BCUT2D eigenvalue weighted by molar-refractivity contribution is 7.18. The molecule has 1 N–H and O–H groups in total. The van der Waals surface area contributed by atoms with E-state index in [-0.39, 0.29) is 0 Å². The van der Waals surface area contributed by atoms with Crippen molar-refractivity contribution in [3.63, 3.8) is 0 Å². The summed E-state index contributed by atoms with van der Waals surface area (Å²) in [6.07, 6.45) is 3.82. The molecular weight excluding hydrogens is 398 g/mol. The molecule has 0 saturated carbocycles. The molecule has 5 nitrogen and oxygen atoms in total. The Morgan fingerprint density at radius 2 is 1.86 bits per heavy atom. The average molecular weight is 414 g/mol. The Labute approximate surface area is 174 Å². The molecule has 6 aromatic rings. The largest absolute Gasteiger partial charge is 0.355 e. The number of aromatic nitrogens is 4. The van der Waals surface area contributed by atoms with Crippen LogP contribution in [0.15, 0.2) is 65.7 Å². The SMILES string of the molecule is Cn1ccc(-c2csc3cc4c(Nc5ccc6scnc6c5)ccnc4cc23)n1. The van der Waals surface area contributed by atoms with Crippen molar-refractivity contribution >= 4 is 65.3 Å². The Kier molecular flexibility index (Phi) is 3.65. The number of pyridine rings is 1. The summed E-state index contributed by atoms with van der Waals surface area (Å²) in [6, 6.07) is 14.7. The number of fused-ring (bicyclic) bond motifs is 3. The van der Waals surface area contributed by atoms with Crippen molar-refractivity contribution in [3.05, 3.63) is 65.7 Å². The maximum absolute atomic E-state index is 4.62. The van der Waals surface area contributed by atoms with Crippen LogP contribution in [0.3, 0.4) is 0 Å². The number of rotatable bonds is 3. The van der Waals surface area contributed by atoms with Gasteiger partial charge in [0.25, 0.3) is 0 Å². The molecule has 0 atom stereocenters. The third-order valence-electron chi connectivity index (χ3n) is 5.04. The summed E-state index contributed by atoms with van der Waals surface area (Å²) in [7, 11) is 1.94. The molecule has 0 aliphatic rings. The third kappa shape index (κ3) is 2.78. The Morgan fingerprint density at radius 1 is 0.897 bits per heavy atom. The molecule has 7 heteroatoms. The number of hydrogen-bond donors (Lipinski definition) is 1. The van der Waals surface area contributed by atoms with Crippen LogP contribution < -0.4 is 5.32 Å². The lowest BCUT2D eigenvalue weighted by Gasteiger charge is -2.10. The van der Waals surface area contributed by atoms with Gasteiger partial charge in [-0.3, -0.25) is 9.67 Å². The Balaban J connectivity index is 1.47. The van der Waals surface area contributed by atoms with Gasteiger partial charge in [-0.15, -0.1) is 22.7 Å². The van der Waals surface area contributed by atoms with Crippen molar-refractivity contribution in [2.24, 2.45) is 7.05 Å². The molecule has 0 amide bonds. The first kappa shape index (κ1) is 16.6. The number of hydrogen-bond acceptors (Lipinski definition) is 6. The molecule has 0 unspecified atom stereocenters. The number of benzene rings is 2. The van der Waals surface area contributed by atoms with Gasteiger partial charge < -0.3 is 5.32 Å². The van der Waals surface area contributed by atoms with Crippen LogP contribution in [-0.2, 0) is 7.05 Å². The number of nitrogens with zero attached hydrogens (tertiary/aromatic N) is 4. The minimum Gasteiger partial charge on any atom is -0.355 e.